The Morgan fingerprint density at radius 3 is 1.67 bits per heavy atom. The topological polar surface area (TPSA) is 0 Å². The van der Waals surface area contributed by atoms with Gasteiger partial charge in [-0.2, -0.15) is 0 Å². The molecule has 6 heavy (non-hydrogen) atoms. The standard InChI is InChI=1S/C3H7.Al.BrH.Mg.3H/c1-3-2;;;;;;/h3H,1-2H3;;1H;;;;/q;;;+1;;;/p-1. The van der Waals surface area contributed by atoms with Crippen LogP contribution in [0.2, 0.25) is 4.05 Å². The van der Waals surface area contributed by atoms with Crippen LogP contribution in [0.4, 0.5) is 0 Å². The second-order valence-electron chi connectivity index (χ2n) is 1.55. The second-order valence-corrected chi connectivity index (χ2v) is 5.43. The molecule has 0 saturated carbocycles. The van der Waals surface area contributed by atoms with Crippen molar-refractivity contribution in [1.82, 2.24) is 0 Å². The lowest BCUT2D eigenvalue weighted by Gasteiger charge is -1.85. The van der Waals surface area contributed by atoms with E-state index in [-0.39, 0.29) is 35.6 Å². The molecule has 0 aliphatic heterocycles. The van der Waals surface area contributed by atoms with E-state index in [1.807, 2.05) is 0 Å². The zero-order valence-corrected chi connectivity index (χ0v) is 6.66. The molecule has 0 radical (unpaired) electrons. The van der Waals surface area contributed by atoms with Gasteiger partial charge >= 0.3 is 18.2 Å². The maximum Gasteiger partial charge on any atom is 0.471 e. The van der Waals surface area contributed by atoms with Crippen molar-refractivity contribution in [3.63, 3.8) is 0 Å². The normalized spacial score (nSPS) is 6.67. The molecule has 0 aromatic heterocycles. The van der Waals surface area contributed by atoms with E-state index in [1.165, 1.54) is 0 Å². The van der Waals surface area contributed by atoms with E-state index in [1.54, 1.807) is 0 Å². The minimum Gasteiger partial charge on any atom is -0.306 e. The lowest BCUT2D eigenvalue weighted by Crippen LogP contribution is -1.79. The van der Waals surface area contributed by atoms with Crippen LogP contribution in [-0.2, 0) is 0 Å². The Balaban J connectivity index is 0. The fraction of sp³-hybridized carbons (Fsp3) is 1.00. The molecule has 0 saturated heterocycles. The van der Waals surface area contributed by atoms with Gasteiger partial charge in [-0.1, -0.05) is 13.8 Å². The van der Waals surface area contributed by atoms with Crippen LogP contribution in [0.25, 0.3) is 0 Å². The monoisotopic (exact) mass is 176 g/mol. The fourth-order valence-corrected chi connectivity index (χ4v) is 0. The summed E-state index contributed by atoms with van der Waals surface area (Å²) in [5, 5.41) is 0. The summed E-state index contributed by atoms with van der Waals surface area (Å²) in [6.45, 7) is 4.47. The highest BCUT2D eigenvalue weighted by Gasteiger charge is 1.91. The largest absolute Gasteiger partial charge is 0.471 e. The van der Waals surface area contributed by atoms with E-state index in [2.05, 4.69) is 26.7 Å². The van der Waals surface area contributed by atoms with Crippen LogP contribution in [0, 0.1) is 0 Å². The molecule has 0 N–H and O–H groups in total. The highest BCUT2D eigenvalue weighted by atomic mass is 79.9. The minimum atomic E-state index is 0. The highest BCUT2D eigenvalue weighted by Crippen LogP contribution is 1.98. The van der Waals surface area contributed by atoms with Gasteiger partial charge in [0, 0.05) is 0 Å². The maximum atomic E-state index is 3.45. The Bertz CT molecular complexity index is 24.8. The molecular weight excluding hydrogens is 167 g/mol. The first-order valence-corrected chi connectivity index (χ1v) is 6.55. The van der Waals surface area contributed by atoms with E-state index in [0.717, 1.165) is 4.05 Å². The van der Waals surface area contributed by atoms with Crippen LogP contribution in [-0.4, -0.2) is 35.6 Å². The molecule has 0 amide bonds. The molecule has 34 valence electrons. The molecule has 0 rings (SSSR count). The fourth-order valence-electron chi connectivity index (χ4n) is 0. The molecule has 0 atom stereocenters. The van der Waals surface area contributed by atoms with Crippen LogP contribution in [0.3, 0.4) is 0 Å². The summed E-state index contributed by atoms with van der Waals surface area (Å²) < 4.78 is 0.940. The van der Waals surface area contributed by atoms with E-state index in [9.17, 15) is 0 Å². The van der Waals surface area contributed by atoms with Crippen molar-refractivity contribution in [2.45, 2.75) is 17.9 Å². The van der Waals surface area contributed by atoms with Crippen LogP contribution < -0.4 is 0 Å². The summed E-state index contributed by atoms with van der Waals surface area (Å²) in [5.74, 6) is 0. The van der Waals surface area contributed by atoms with Crippen LogP contribution >= 0.6 is 12.9 Å². The van der Waals surface area contributed by atoms with Gasteiger partial charge in [0.1, 0.15) is 0 Å². The van der Waals surface area contributed by atoms with Gasteiger partial charge in [0.25, 0.3) is 0 Å². The van der Waals surface area contributed by atoms with Gasteiger partial charge in [-0.3, -0.25) is 0 Å². The Labute approximate surface area is 65.8 Å². The van der Waals surface area contributed by atoms with Gasteiger partial charge in [0.05, 0.1) is 0 Å². The molecule has 3 heteroatoms. The summed E-state index contributed by atoms with van der Waals surface area (Å²) in [6, 6.07) is 0. The third-order valence-corrected chi connectivity index (χ3v) is 4.81. The Morgan fingerprint density at radius 2 is 1.67 bits per heavy atom. The maximum absolute atomic E-state index is 3.45. The van der Waals surface area contributed by atoms with E-state index in [0.29, 0.717) is 0 Å². The number of rotatable bonds is 1. The van der Waals surface area contributed by atoms with Crippen molar-refractivity contribution >= 4 is 48.4 Å². The molecule has 0 aliphatic carbocycles. The molecule has 0 spiro atoms. The van der Waals surface area contributed by atoms with Crippen LogP contribution in [0.15, 0.2) is 0 Å². The first-order chi connectivity index (χ1) is 2.27. The molecule has 0 aromatic carbocycles. The van der Waals surface area contributed by atoms with Gasteiger partial charge in [-0.25, -0.2) is 0 Å². The summed E-state index contributed by atoms with van der Waals surface area (Å²) in [4.78, 5) is 0. The quantitative estimate of drug-likeness (QED) is 0.516. The van der Waals surface area contributed by atoms with Crippen molar-refractivity contribution in [3.05, 3.63) is 0 Å². The molecule has 0 nitrogen and oxygen atoms in total. The smallest absolute Gasteiger partial charge is 0.306 e. The summed E-state index contributed by atoms with van der Waals surface area (Å²) in [6.07, 6.45) is 0. The zero-order chi connectivity index (χ0) is 4.28. The molecular formula is C3H10AlBrMg. The summed E-state index contributed by atoms with van der Waals surface area (Å²) in [5.41, 5.74) is 0. The van der Waals surface area contributed by atoms with Crippen molar-refractivity contribution in [2.24, 2.45) is 0 Å². The second kappa shape index (κ2) is 6.78. The lowest BCUT2D eigenvalue weighted by atomic mass is 10.6. The lowest BCUT2D eigenvalue weighted by molar-refractivity contribution is 1.07. The third-order valence-electron chi connectivity index (χ3n) is 0.309. The van der Waals surface area contributed by atoms with Crippen molar-refractivity contribution in [1.29, 1.82) is 0 Å². The molecule has 0 bridgehead atoms. The summed E-state index contributed by atoms with van der Waals surface area (Å²) in [7, 11) is 0. The number of hydrogen-bond donors (Lipinski definition) is 0. The average molecular weight is 177 g/mol. The molecule has 0 fully saturated rings. The summed E-state index contributed by atoms with van der Waals surface area (Å²) >= 11 is 3.61. The molecule has 0 aromatic rings. The Kier molecular flexibility index (Phi) is 12.1. The van der Waals surface area contributed by atoms with Crippen molar-refractivity contribution in [3.8, 4) is 0 Å². The van der Waals surface area contributed by atoms with Gasteiger partial charge in [0.2, 0.25) is 0 Å². The zero-order valence-electron chi connectivity index (χ0n) is 3.66. The average Bonchev–Trinajstić information content (AvgIpc) is 1.38. The predicted molar refractivity (Wildman–Crippen MR) is 39.7 cm³/mol. The van der Waals surface area contributed by atoms with Gasteiger partial charge in [0.15, 0.2) is 17.4 Å². The Morgan fingerprint density at radius 1 is 1.50 bits per heavy atom. The van der Waals surface area contributed by atoms with Gasteiger partial charge in [-0.05, 0) is 0 Å². The van der Waals surface area contributed by atoms with Crippen LogP contribution in [0.5, 0.6) is 0 Å². The number of hydrogen-bond acceptors (Lipinski definition) is 0. The van der Waals surface area contributed by atoms with E-state index in [4.69, 9.17) is 0 Å². The number of halogens is 1. The molecule has 0 heterocycles. The minimum absolute atomic E-state index is 0. The van der Waals surface area contributed by atoms with E-state index < -0.39 is 0 Å². The Hall–Kier alpha value is 1.78. The molecule has 0 aliphatic rings. The van der Waals surface area contributed by atoms with Crippen molar-refractivity contribution < 1.29 is 0 Å². The first-order valence-electron chi connectivity index (χ1n) is 1.83. The molecule has 0 unspecified atom stereocenters. The third kappa shape index (κ3) is 9.24. The predicted octanol–water partition coefficient (Wildman–Crippen LogP) is 0.645. The van der Waals surface area contributed by atoms with E-state index >= 15 is 0 Å². The van der Waals surface area contributed by atoms with Gasteiger partial charge in [-0.15, -0.1) is 4.05 Å². The highest BCUT2D eigenvalue weighted by molar-refractivity contribution is 9.23. The van der Waals surface area contributed by atoms with Crippen LogP contribution in [0.1, 0.15) is 13.8 Å². The first kappa shape index (κ1) is 10.7. The van der Waals surface area contributed by atoms with Crippen molar-refractivity contribution in [2.75, 3.05) is 0 Å². The van der Waals surface area contributed by atoms with Gasteiger partial charge < -0.3 is 12.9 Å². The SMILES string of the molecule is C[CH](C)[Mg][Br].[AlH3].